The highest BCUT2D eigenvalue weighted by atomic mass is 15.2. The van der Waals surface area contributed by atoms with Gasteiger partial charge in [0.1, 0.15) is 5.82 Å². The van der Waals surface area contributed by atoms with Crippen molar-refractivity contribution in [2.45, 2.75) is 25.9 Å². The average Bonchev–Trinajstić information content (AvgIpc) is 3.29. The van der Waals surface area contributed by atoms with Gasteiger partial charge in [-0.3, -0.25) is 0 Å². The summed E-state index contributed by atoms with van der Waals surface area (Å²) >= 11 is 0. The van der Waals surface area contributed by atoms with Crippen molar-refractivity contribution in [3.05, 3.63) is 78.4 Å². The Kier molecular flexibility index (Phi) is 4.82. The van der Waals surface area contributed by atoms with Gasteiger partial charge in [0, 0.05) is 44.0 Å². The lowest BCUT2D eigenvalue weighted by Crippen LogP contribution is -2.31. The topological polar surface area (TPSA) is 58.9 Å². The molecule has 0 aliphatic carbocycles. The number of nitrogens with zero attached hydrogens (tertiary/aromatic N) is 5. The molecular weight excluding hydrogens is 360 g/mol. The molecule has 0 spiro atoms. The minimum absolute atomic E-state index is 0.697. The summed E-state index contributed by atoms with van der Waals surface area (Å²) in [5, 5.41) is 4.52. The predicted octanol–water partition coefficient (Wildman–Crippen LogP) is 3.89. The molecule has 3 heterocycles. The number of aromatic nitrogens is 4. The first-order chi connectivity index (χ1) is 14.4. The van der Waals surface area contributed by atoms with Gasteiger partial charge in [-0.05, 0) is 36.1 Å². The molecule has 4 aromatic rings. The molecule has 29 heavy (non-hydrogen) atoms. The van der Waals surface area contributed by atoms with E-state index < -0.39 is 0 Å². The van der Waals surface area contributed by atoms with Gasteiger partial charge in [-0.15, -0.1) is 0 Å². The van der Waals surface area contributed by atoms with Crippen LogP contribution in [0, 0.1) is 0 Å². The number of anilines is 2. The van der Waals surface area contributed by atoms with E-state index in [1.54, 1.807) is 0 Å². The Hall–Kier alpha value is -3.41. The van der Waals surface area contributed by atoms with Gasteiger partial charge in [-0.25, -0.2) is 9.97 Å². The molecular formula is C23H24N6. The predicted molar refractivity (Wildman–Crippen MR) is 116 cm³/mol. The summed E-state index contributed by atoms with van der Waals surface area (Å²) < 4.78 is 2.08. The SMILES string of the molecule is c1ccc2c(c1)CCN(c1nc(NCCCn3ccnc3)nc3ccccc13)C2. The quantitative estimate of drug-likeness (QED) is 0.511. The van der Waals surface area contributed by atoms with Gasteiger partial charge >= 0.3 is 0 Å². The second-order valence-electron chi connectivity index (χ2n) is 7.41. The molecule has 6 heteroatoms. The third kappa shape index (κ3) is 3.78. The molecule has 0 bridgehead atoms. The Labute approximate surface area is 170 Å². The van der Waals surface area contributed by atoms with Crippen LogP contribution in [0.15, 0.2) is 67.3 Å². The number of imidazole rings is 1. The summed E-state index contributed by atoms with van der Waals surface area (Å²) in [5.41, 5.74) is 3.81. The van der Waals surface area contributed by atoms with E-state index in [1.807, 2.05) is 24.8 Å². The van der Waals surface area contributed by atoms with Gasteiger partial charge < -0.3 is 14.8 Å². The highest BCUT2D eigenvalue weighted by Gasteiger charge is 2.20. The Morgan fingerprint density at radius 1 is 0.966 bits per heavy atom. The van der Waals surface area contributed by atoms with Gasteiger partial charge in [-0.1, -0.05) is 36.4 Å². The number of fused-ring (bicyclic) bond motifs is 2. The number of nitrogens with one attached hydrogen (secondary N) is 1. The third-order valence-electron chi connectivity index (χ3n) is 5.45. The molecule has 0 fully saturated rings. The van der Waals surface area contributed by atoms with E-state index in [-0.39, 0.29) is 0 Å². The molecule has 0 amide bonds. The van der Waals surface area contributed by atoms with Crippen molar-refractivity contribution in [3.8, 4) is 0 Å². The molecule has 146 valence electrons. The van der Waals surface area contributed by atoms with Crippen molar-refractivity contribution in [2.75, 3.05) is 23.3 Å². The summed E-state index contributed by atoms with van der Waals surface area (Å²) in [5.74, 6) is 1.71. The smallest absolute Gasteiger partial charge is 0.225 e. The summed E-state index contributed by atoms with van der Waals surface area (Å²) in [6.07, 6.45) is 7.67. The normalized spacial score (nSPS) is 13.4. The number of hydrogen-bond acceptors (Lipinski definition) is 5. The van der Waals surface area contributed by atoms with Gasteiger partial charge in [-0.2, -0.15) is 4.98 Å². The van der Waals surface area contributed by atoms with Crippen molar-refractivity contribution >= 4 is 22.7 Å². The molecule has 0 saturated heterocycles. The molecule has 0 radical (unpaired) electrons. The van der Waals surface area contributed by atoms with E-state index in [1.165, 1.54) is 11.1 Å². The van der Waals surface area contributed by atoms with Crippen LogP contribution in [0.2, 0.25) is 0 Å². The maximum atomic E-state index is 4.92. The summed E-state index contributed by atoms with van der Waals surface area (Å²) in [4.78, 5) is 16.1. The van der Waals surface area contributed by atoms with Gasteiger partial charge in [0.25, 0.3) is 0 Å². The van der Waals surface area contributed by atoms with Crippen LogP contribution in [-0.2, 0) is 19.5 Å². The van der Waals surface area contributed by atoms with Crippen molar-refractivity contribution in [2.24, 2.45) is 0 Å². The number of rotatable bonds is 6. The van der Waals surface area contributed by atoms with Gasteiger partial charge in [0.15, 0.2) is 0 Å². The Balaban J connectivity index is 1.37. The zero-order chi connectivity index (χ0) is 19.5. The highest BCUT2D eigenvalue weighted by Crippen LogP contribution is 2.29. The molecule has 0 atom stereocenters. The fourth-order valence-electron chi connectivity index (χ4n) is 3.94. The Bertz CT molecular complexity index is 1110. The summed E-state index contributed by atoms with van der Waals surface area (Å²) in [6, 6.07) is 17.0. The Morgan fingerprint density at radius 2 is 1.83 bits per heavy atom. The monoisotopic (exact) mass is 384 g/mol. The molecule has 0 unspecified atom stereocenters. The zero-order valence-corrected chi connectivity index (χ0v) is 16.3. The number of benzene rings is 2. The van der Waals surface area contributed by atoms with Gasteiger partial charge in [0.2, 0.25) is 5.95 Å². The number of aryl methyl sites for hydroxylation is 1. The first-order valence-corrected chi connectivity index (χ1v) is 10.1. The zero-order valence-electron chi connectivity index (χ0n) is 16.3. The van der Waals surface area contributed by atoms with Crippen molar-refractivity contribution in [1.29, 1.82) is 0 Å². The fraction of sp³-hybridized carbons (Fsp3) is 0.261. The molecule has 1 aliphatic heterocycles. The van der Waals surface area contributed by atoms with Crippen LogP contribution in [0.4, 0.5) is 11.8 Å². The summed E-state index contributed by atoms with van der Waals surface area (Å²) in [7, 11) is 0. The van der Waals surface area contributed by atoms with Crippen molar-refractivity contribution < 1.29 is 0 Å². The molecule has 2 aromatic carbocycles. The summed E-state index contributed by atoms with van der Waals surface area (Å²) in [6.45, 7) is 3.60. The van der Waals surface area contributed by atoms with Crippen LogP contribution < -0.4 is 10.2 Å². The van der Waals surface area contributed by atoms with Crippen molar-refractivity contribution in [1.82, 2.24) is 19.5 Å². The highest BCUT2D eigenvalue weighted by molar-refractivity contribution is 5.90. The van der Waals surface area contributed by atoms with E-state index in [0.717, 1.165) is 55.7 Å². The lowest BCUT2D eigenvalue weighted by atomic mass is 10.00. The van der Waals surface area contributed by atoms with E-state index in [4.69, 9.17) is 9.97 Å². The van der Waals surface area contributed by atoms with Crippen LogP contribution in [0.25, 0.3) is 10.9 Å². The van der Waals surface area contributed by atoms with Crippen molar-refractivity contribution in [3.63, 3.8) is 0 Å². The van der Waals surface area contributed by atoms with E-state index >= 15 is 0 Å². The van der Waals surface area contributed by atoms with E-state index in [2.05, 4.69) is 62.2 Å². The first-order valence-electron chi connectivity index (χ1n) is 10.1. The van der Waals surface area contributed by atoms with Crippen LogP contribution in [0.5, 0.6) is 0 Å². The van der Waals surface area contributed by atoms with E-state index in [9.17, 15) is 0 Å². The third-order valence-corrected chi connectivity index (χ3v) is 5.45. The second-order valence-corrected chi connectivity index (χ2v) is 7.41. The first kappa shape index (κ1) is 17.7. The van der Waals surface area contributed by atoms with Crippen LogP contribution in [0.1, 0.15) is 17.5 Å². The second kappa shape index (κ2) is 7.91. The number of hydrogen-bond donors (Lipinski definition) is 1. The minimum atomic E-state index is 0.697. The molecule has 0 saturated carbocycles. The molecule has 2 aromatic heterocycles. The standard InChI is InChI=1S/C23H24N6/c1-2-7-19-16-29(14-10-18(19)6-1)22-20-8-3-4-9-21(20)26-23(27-22)25-11-5-13-28-15-12-24-17-28/h1-4,6-9,12,15,17H,5,10-11,13-14,16H2,(H,25,26,27). The lowest BCUT2D eigenvalue weighted by molar-refractivity contribution is 0.659. The maximum absolute atomic E-state index is 4.92. The minimum Gasteiger partial charge on any atom is -0.354 e. The van der Waals surface area contributed by atoms with E-state index in [0.29, 0.717) is 5.95 Å². The van der Waals surface area contributed by atoms with Crippen LogP contribution in [0.3, 0.4) is 0 Å². The number of para-hydroxylation sites is 1. The fourth-order valence-corrected chi connectivity index (χ4v) is 3.94. The van der Waals surface area contributed by atoms with Crippen LogP contribution >= 0.6 is 0 Å². The maximum Gasteiger partial charge on any atom is 0.225 e. The van der Waals surface area contributed by atoms with Crippen LogP contribution in [-0.4, -0.2) is 32.6 Å². The molecule has 6 nitrogen and oxygen atoms in total. The molecule has 5 rings (SSSR count). The molecule has 1 aliphatic rings. The largest absolute Gasteiger partial charge is 0.354 e. The lowest BCUT2D eigenvalue weighted by Gasteiger charge is -2.30. The average molecular weight is 384 g/mol. The Morgan fingerprint density at radius 3 is 2.72 bits per heavy atom. The van der Waals surface area contributed by atoms with Gasteiger partial charge in [0.05, 0.1) is 11.8 Å². The molecule has 1 N–H and O–H groups in total.